The van der Waals surface area contributed by atoms with Gasteiger partial charge in [0.15, 0.2) is 5.13 Å². The van der Waals surface area contributed by atoms with Crippen LogP contribution in [0.2, 0.25) is 0 Å². The van der Waals surface area contributed by atoms with E-state index < -0.39 is 0 Å². The summed E-state index contributed by atoms with van der Waals surface area (Å²) in [4.78, 5) is 17.3. The summed E-state index contributed by atoms with van der Waals surface area (Å²) >= 11 is 1.44. The molecule has 0 amide bonds. The SMILES string of the molecule is Cc1nc(Nc2cc3ncccc3c(NC3CC4CCC(C3)N4CCC#N)n2)sc1CO. The van der Waals surface area contributed by atoms with Crippen molar-refractivity contribution in [3.63, 3.8) is 0 Å². The number of aliphatic hydroxyl groups is 1. The summed E-state index contributed by atoms with van der Waals surface area (Å²) < 4.78 is 0. The maximum absolute atomic E-state index is 9.47. The number of nitriles is 1. The van der Waals surface area contributed by atoms with Crippen LogP contribution in [-0.4, -0.2) is 49.6 Å². The van der Waals surface area contributed by atoms with Crippen molar-refractivity contribution in [3.8, 4) is 6.07 Å². The summed E-state index contributed by atoms with van der Waals surface area (Å²) in [7, 11) is 0. The van der Waals surface area contributed by atoms with Crippen molar-refractivity contribution in [2.24, 2.45) is 0 Å². The van der Waals surface area contributed by atoms with Crippen LogP contribution in [0.25, 0.3) is 10.9 Å². The highest BCUT2D eigenvalue weighted by Gasteiger charge is 2.40. The molecule has 32 heavy (non-hydrogen) atoms. The number of rotatable bonds is 7. The fourth-order valence-corrected chi connectivity index (χ4v) is 5.95. The predicted octanol–water partition coefficient (Wildman–Crippen LogP) is 3.95. The van der Waals surface area contributed by atoms with Crippen LogP contribution < -0.4 is 10.6 Å². The van der Waals surface area contributed by atoms with Gasteiger partial charge in [0.05, 0.1) is 28.8 Å². The van der Waals surface area contributed by atoms with Gasteiger partial charge in [0, 0.05) is 48.7 Å². The summed E-state index contributed by atoms with van der Waals surface area (Å²) in [5.41, 5.74) is 1.70. The normalized spacial score (nSPS) is 22.7. The maximum atomic E-state index is 9.47. The molecule has 9 heteroatoms. The Hall–Kier alpha value is -2.80. The molecule has 0 radical (unpaired) electrons. The second kappa shape index (κ2) is 8.98. The minimum Gasteiger partial charge on any atom is -0.391 e. The Morgan fingerprint density at radius 1 is 1.28 bits per heavy atom. The molecular formula is C23H27N7OS. The second-order valence-corrected chi connectivity index (χ2v) is 9.66. The van der Waals surface area contributed by atoms with Crippen LogP contribution >= 0.6 is 11.3 Å². The van der Waals surface area contributed by atoms with Crippen molar-refractivity contribution in [1.82, 2.24) is 19.9 Å². The van der Waals surface area contributed by atoms with Gasteiger partial charge in [-0.25, -0.2) is 9.97 Å². The number of hydrogen-bond acceptors (Lipinski definition) is 9. The first-order valence-electron chi connectivity index (χ1n) is 11.1. The van der Waals surface area contributed by atoms with Crippen molar-refractivity contribution in [1.29, 1.82) is 5.26 Å². The molecule has 3 aromatic heterocycles. The molecule has 5 rings (SSSR count). The number of anilines is 3. The lowest BCUT2D eigenvalue weighted by atomic mass is 9.97. The third-order valence-corrected chi connectivity index (χ3v) is 7.64. The maximum Gasteiger partial charge on any atom is 0.188 e. The monoisotopic (exact) mass is 449 g/mol. The van der Waals surface area contributed by atoms with Gasteiger partial charge >= 0.3 is 0 Å². The molecule has 3 N–H and O–H groups in total. The molecule has 0 saturated carbocycles. The number of nitrogens with one attached hydrogen (secondary N) is 2. The number of fused-ring (bicyclic) bond motifs is 3. The van der Waals surface area contributed by atoms with E-state index in [9.17, 15) is 5.11 Å². The summed E-state index contributed by atoms with van der Waals surface area (Å²) in [5.74, 6) is 1.52. The number of pyridine rings is 2. The highest BCUT2D eigenvalue weighted by molar-refractivity contribution is 7.15. The third kappa shape index (κ3) is 4.13. The Labute approximate surface area is 191 Å². The number of hydrogen-bond donors (Lipinski definition) is 3. The van der Waals surface area contributed by atoms with Gasteiger partial charge in [-0.15, -0.1) is 0 Å². The van der Waals surface area contributed by atoms with Gasteiger partial charge in [0.25, 0.3) is 0 Å². The van der Waals surface area contributed by atoms with Gasteiger partial charge in [0.2, 0.25) is 0 Å². The van der Waals surface area contributed by atoms with Crippen LogP contribution in [0.5, 0.6) is 0 Å². The van der Waals surface area contributed by atoms with E-state index in [4.69, 9.17) is 10.2 Å². The number of nitrogens with zero attached hydrogens (tertiary/aromatic N) is 5. The largest absolute Gasteiger partial charge is 0.391 e. The molecular weight excluding hydrogens is 422 g/mol. The Balaban J connectivity index is 1.38. The first kappa shape index (κ1) is 21.1. The van der Waals surface area contributed by atoms with Crippen molar-refractivity contribution in [2.75, 3.05) is 17.2 Å². The van der Waals surface area contributed by atoms with Gasteiger partial charge in [-0.3, -0.25) is 9.88 Å². The smallest absolute Gasteiger partial charge is 0.188 e. The number of aromatic nitrogens is 3. The average molecular weight is 450 g/mol. The molecule has 2 fully saturated rings. The van der Waals surface area contributed by atoms with Gasteiger partial charge in [-0.2, -0.15) is 5.26 Å². The summed E-state index contributed by atoms with van der Waals surface area (Å²) in [5, 5.41) is 27.2. The molecule has 2 aliphatic heterocycles. The van der Waals surface area contributed by atoms with E-state index in [-0.39, 0.29) is 6.61 Å². The van der Waals surface area contributed by atoms with Crippen LogP contribution in [0.1, 0.15) is 42.7 Å². The molecule has 2 bridgehead atoms. The molecule has 3 aromatic rings. The zero-order valence-corrected chi connectivity index (χ0v) is 18.9. The quantitative estimate of drug-likeness (QED) is 0.497. The minimum atomic E-state index is -0.0138. The predicted molar refractivity (Wildman–Crippen MR) is 126 cm³/mol. The van der Waals surface area contributed by atoms with Crippen molar-refractivity contribution >= 4 is 39.0 Å². The van der Waals surface area contributed by atoms with Crippen LogP contribution in [0.15, 0.2) is 24.4 Å². The molecule has 0 aliphatic carbocycles. The first-order valence-corrected chi connectivity index (χ1v) is 12.0. The summed E-state index contributed by atoms with van der Waals surface area (Å²) in [6.07, 6.45) is 6.94. The molecule has 2 unspecified atom stereocenters. The Morgan fingerprint density at radius 2 is 2.09 bits per heavy atom. The molecule has 0 spiro atoms. The van der Waals surface area contributed by atoms with E-state index in [1.54, 1.807) is 6.20 Å². The van der Waals surface area contributed by atoms with Crippen LogP contribution in [0.3, 0.4) is 0 Å². The highest BCUT2D eigenvalue weighted by atomic mass is 32.1. The van der Waals surface area contributed by atoms with Crippen LogP contribution in [0, 0.1) is 18.3 Å². The van der Waals surface area contributed by atoms with E-state index >= 15 is 0 Å². The van der Waals surface area contributed by atoms with Crippen molar-refractivity contribution < 1.29 is 5.11 Å². The second-order valence-electron chi connectivity index (χ2n) is 8.58. The van der Waals surface area contributed by atoms with E-state index in [1.165, 1.54) is 24.2 Å². The van der Waals surface area contributed by atoms with Crippen LogP contribution in [0.4, 0.5) is 16.8 Å². The van der Waals surface area contributed by atoms with Crippen molar-refractivity contribution in [2.45, 2.75) is 63.8 Å². The van der Waals surface area contributed by atoms with E-state index in [0.29, 0.717) is 35.5 Å². The number of aryl methyl sites for hydroxylation is 1. The average Bonchev–Trinajstić information content (AvgIpc) is 3.26. The number of aliphatic hydroxyl groups excluding tert-OH is 1. The third-order valence-electron chi connectivity index (χ3n) is 6.58. The molecule has 166 valence electrons. The highest BCUT2D eigenvalue weighted by Crippen LogP contribution is 2.37. The number of piperidine rings is 1. The Morgan fingerprint density at radius 3 is 2.81 bits per heavy atom. The summed E-state index contributed by atoms with van der Waals surface area (Å²) in [6, 6.07) is 9.65. The van der Waals surface area contributed by atoms with E-state index in [2.05, 4.69) is 37.6 Å². The summed E-state index contributed by atoms with van der Waals surface area (Å²) in [6.45, 7) is 2.76. The first-order chi connectivity index (χ1) is 15.6. The van der Waals surface area contributed by atoms with E-state index in [1.807, 2.05) is 19.1 Å². The fraction of sp³-hybridized carbons (Fsp3) is 0.478. The standard InChI is InChI=1S/C23H27N7OS/c1-14-20(13-31)32-23(26-14)29-21-12-19-18(4-2-8-25-19)22(28-21)27-15-10-16-5-6-17(11-15)30(16)9-3-7-24/h2,4,8,12,15-17,31H,3,5-6,9-11,13H2,1H3,(H2,26,27,28,29). The van der Waals surface area contributed by atoms with Gasteiger partial charge < -0.3 is 15.7 Å². The van der Waals surface area contributed by atoms with Gasteiger partial charge in [-0.1, -0.05) is 11.3 Å². The molecule has 2 aliphatic rings. The lowest BCUT2D eigenvalue weighted by molar-refractivity contribution is 0.136. The Bertz CT molecular complexity index is 1140. The number of thiazole rings is 1. The van der Waals surface area contributed by atoms with Gasteiger partial charge in [-0.05, 0) is 44.7 Å². The Kier molecular flexibility index (Phi) is 5.91. The lowest BCUT2D eigenvalue weighted by Gasteiger charge is -2.39. The van der Waals surface area contributed by atoms with Gasteiger partial charge in [0.1, 0.15) is 11.6 Å². The van der Waals surface area contributed by atoms with E-state index in [0.717, 1.165) is 46.7 Å². The lowest BCUT2D eigenvalue weighted by Crippen LogP contribution is -2.47. The molecule has 2 saturated heterocycles. The zero-order chi connectivity index (χ0) is 22.1. The zero-order valence-electron chi connectivity index (χ0n) is 18.1. The fourth-order valence-electron chi connectivity index (χ4n) is 5.12. The molecule has 2 atom stereocenters. The topological polar surface area (TPSA) is 110 Å². The molecule has 8 nitrogen and oxygen atoms in total. The molecule has 5 heterocycles. The minimum absolute atomic E-state index is 0.0138. The van der Waals surface area contributed by atoms with Crippen molar-refractivity contribution in [3.05, 3.63) is 35.0 Å². The molecule has 0 aromatic carbocycles. The van der Waals surface area contributed by atoms with Crippen LogP contribution in [-0.2, 0) is 6.61 Å².